The zero-order valence-electron chi connectivity index (χ0n) is 16.4. The van der Waals surface area contributed by atoms with Crippen molar-refractivity contribution in [2.45, 2.75) is 52.3 Å². The molecule has 1 aliphatic heterocycles. The van der Waals surface area contributed by atoms with Crippen LogP contribution in [0.15, 0.2) is 23.5 Å². The number of aryl methyl sites for hydroxylation is 1. The highest BCUT2D eigenvalue weighted by Crippen LogP contribution is 2.12. The van der Waals surface area contributed by atoms with Crippen molar-refractivity contribution in [3.8, 4) is 0 Å². The fraction of sp³-hybridized carbons (Fsp3) is 0.667. The van der Waals surface area contributed by atoms with Gasteiger partial charge in [-0.2, -0.15) is 0 Å². The third kappa shape index (κ3) is 7.43. The fourth-order valence-corrected chi connectivity index (χ4v) is 2.79. The maximum absolute atomic E-state index is 11.9. The Morgan fingerprint density at radius 3 is 2.73 bits per heavy atom. The van der Waals surface area contributed by atoms with Crippen LogP contribution in [0.25, 0.3) is 0 Å². The molecule has 0 saturated carbocycles. The van der Waals surface area contributed by atoms with Crippen LogP contribution in [0, 0.1) is 0 Å². The Morgan fingerprint density at radius 2 is 2.15 bits per heavy atom. The number of carbonyl (C=O) groups excluding carboxylic acids is 1. The largest absolute Gasteiger partial charge is 0.444 e. The number of ether oxygens (including phenoxy) is 1. The van der Waals surface area contributed by atoms with Crippen molar-refractivity contribution in [1.29, 1.82) is 0 Å². The van der Waals surface area contributed by atoms with E-state index in [0.29, 0.717) is 6.54 Å². The molecular weight excluding hydrogens is 445 g/mol. The van der Waals surface area contributed by atoms with Gasteiger partial charge >= 0.3 is 6.09 Å². The first-order chi connectivity index (χ1) is 11.8. The van der Waals surface area contributed by atoms with Crippen molar-refractivity contribution in [3.63, 3.8) is 0 Å². The first-order valence-electron chi connectivity index (χ1n) is 8.90. The van der Waals surface area contributed by atoms with Crippen molar-refractivity contribution in [2.24, 2.45) is 12.0 Å². The van der Waals surface area contributed by atoms with Crippen LogP contribution in [-0.2, 0) is 18.3 Å². The van der Waals surface area contributed by atoms with Gasteiger partial charge < -0.3 is 24.8 Å². The maximum Gasteiger partial charge on any atom is 0.407 e. The summed E-state index contributed by atoms with van der Waals surface area (Å²) in [6.07, 6.45) is 4.62. The number of halogens is 1. The molecule has 1 atom stereocenters. The molecular formula is C18H32IN5O2. The van der Waals surface area contributed by atoms with Crippen LogP contribution in [0.4, 0.5) is 4.79 Å². The first-order valence-corrected chi connectivity index (χ1v) is 8.90. The summed E-state index contributed by atoms with van der Waals surface area (Å²) in [5.41, 5.74) is 0.703. The molecule has 2 heterocycles. The van der Waals surface area contributed by atoms with Crippen LogP contribution >= 0.6 is 24.0 Å². The molecule has 26 heavy (non-hydrogen) atoms. The second kappa shape index (κ2) is 10.0. The highest BCUT2D eigenvalue weighted by Gasteiger charge is 2.27. The van der Waals surface area contributed by atoms with Crippen molar-refractivity contribution in [1.82, 2.24) is 20.1 Å². The standard InChI is InChI=1S/C18H31N5O2.HI/c1-6-19-16(20-11-14-7-9-22(5)12-14)23-10-8-15(13-23)21-17(24)25-18(2,3)4;/h7,9,12,15H,6,8,10-11,13H2,1-5H3,(H,19,20)(H,21,24);1H/t15-;/m1./s1. The predicted molar refractivity (Wildman–Crippen MR) is 115 cm³/mol. The van der Waals surface area contributed by atoms with E-state index >= 15 is 0 Å². The van der Waals surface area contributed by atoms with Crippen LogP contribution < -0.4 is 10.6 Å². The van der Waals surface area contributed by atoms with Crippen molar-refractivity contribution >= 4 is 36.0 Å². The number of aromatic nitrogens is 1. The van der Waals surface area contributed by atoms with Gasteiger partial charge in [-0.25, -0.2) is 9.79 Å². The number of hydrogen-bond acceptors (Lipinski definition) is 3. The molecule has 0 bridgehead atoms. The molecule has 0 radical (unpaired) electrons. The summed E-state index contributed by atoms with van der Waals surface area (Å²) in [7, 11) is 2.01. The van der Waals surface area contributed by atoms with Gasteiger partial charge in [-0.05, 0) is 45.7 Å². The number of amides is 1. The number of hydrogen-bond donors (Lipinski definition) is 2. The van der Waals surface area contributed by atoms with Gasteiger partial charge in [-0.15, -0.1) is 24.0 Å². The van der Waals surface area contributed by atoms with Gasteiger partial charge in [0.15, 0.2) is 5.96 Å². The van der Waals surface area contributed by atoms with E-state index in [1.165, 1.54) is 5.56 Å². The van der Waals surface area contributed by atoms with E-state index in [-0.39, 0.29) is 36.1 Å². The number of guanidine groups is 1. The lowest BCUT2D eigenvalue weighted by Crippen LogP contribution is -2.44. The second-order valence-corrected chi connectivity index (χ2v) is 7.43. The molecule has 2 rings (SSSR count). The van der Waals surface area contributed by atoms with Gasteiger partial charge in [0.2, 0.25) is 0 Å². The first kappa shape index (κ1) is 22.6. The average Bonchev–Trinajstić information content (AvgIpc) is 3.10. The molecule has 0 spiro atoms. The lowest BCUT2D eigenvalue weighted by atomic mass is 10.2. The highest BCUT2D eigenvalue weighted by atomic mass is 127. The summed E-state index contributed by atoms with van der Waals surface area (Å²) in [5.74, 6) is 0.889. The molecule has 1 fully saturated rings. The Morgan fingerprint density at radius 1 is 1.42 bits per heavy atom. The zero-order chi connectivity index (χ0) is 18.4. The predicted octanol–water partition coefficient (Wildman–Crippen LogP) is 2.71. The number of alkyl carbamates (subject to hydrolysis) is 1. The van der Waals surface area contributed by atoms with Gasteiger partial charge in [0, 0.05) is 39.1 Å². The van der Waals surface area contributed by atoms with Gasteiger partial charge in [0.1, 0.15) is 5.60 Å². The topological polar surface area (TPSA) is 70.9 Å². The minimum atomic E-state index is -0.478. The molecule has 2 N–H and O–H groups in total. The molecule has 0 aromatic carbocycles. The number of likely N-dealkylation sites (tertiary alicyclic amines) is 1. The lowest BCUT2D eigenvalue weighted by molar-refractivity contribution is 0.0507. The van der Waals surface area contributed by atoms with E-state index in [2.05, 4.69) is 34.7 Å². The van der Waals surface area contributed by atoms with Gasteiger partial charge in [0.25, 0.3) is 0 Å². The minimum Gasteiger partial charge on any atom is -0.444 e. The van der Waals surface area contributed by atoms with E-state index in [4.69, 9.17) is 9.73 Å². The van der Waals surface area contributed by atoms with Crippen LogP contribution in [-0.4, -0.2) is 52.8 Å². The third-order valence-corrected chi connectivity index (χ3v) is 3.85. The summed E-state index contributed by atoms with van der Waals surface area (Å²) in [6, 6.07) is 2.15. The molecule has 1 aliphatic rings. The van der Waals surface area contributed by atoms with E-state index in [0.717, 1.165) is 32.0 Å². The Kier molecular flexibility index (Phi) is 8.72. The van der Waals surface area contributed by atoms with E-state index in [9.17, 15) is 4.79 Å². The lowest BCUT2D eigenvalue weighted by Gasteiger charge is -2.23. The molecule has 1 saturated heterocycles. The van der Waals surface area contributed by atoms with Crippen LogP contribution in [0.1, 0.15) is 39.7 Å². The Labute approximate surface area is 173 Å². The summed E-state index contributed by atoms with van der Waals surface area (Å²) in [6.45, 7) is 10.7. The summed E-state index contributed by atoms with van der Waals surface area (Å²) >= 11 is 0. The molecule has 1 amide bonds. The molecule has 1 aromatic rings. The van der Waals surface area contributed by atoms with Crippen LogP contribution in [0.3, 0.4) is 0 Å². The van der Waals surface area contributed by atoms with Gasteiger partial charge in [0.05, 0.1) is 12.6 Å². The molecule has 1 aromatic heterocycles. The van der Waals surface area contributed by atoms with Crippen LogP contribution in [0.5, 0.6) is 0 Å². The monoisotopic (exact) mass is 477 g/mol. The Balaban J connectivity index is 0.00000338. The third-order valence-electron chi connectivity index (χ3n) is 3.85. The van der Waals surface area contributed by atoms with E-state index in [1.54, 1.807) is 0 Å². The summed E-state index contributed by atoms with van der Waals surface area (Å²) in [5, 5.41) is 6.29. The van der Waals surface area contributed by atoms with Crippen molar-refractivity contribution < 1.29 is 9.53 Å². The number of nitrogens with zero attached hydrogens (tertiary/aromatic N) is 3. The summed E-state index contributed by atoms with van der Waals surface area (Å²) in [4.78, 5) is 18.8. The minimum absolute atomic E-state index is 0. The average molecular weight is 477 g/mol. The zero-order valence-corrected chi connectivity index (χ0v) is 18.7. The van der Waals surface area contributed by atoms with Gasteiger partial charge in [-0.1, -0.05) is 0 Å². The van der Waals surface area contributed by atoms with Crippen molar-refractivity contribution in [2.75, 3.05) is 19.6 Å². The Hall–Kier alpha value is -1.45. The SMILES string of the molecule is CCNC(=NCc1ccn(C)c1)N1CC[C@@H](NC(=O)OC(C)(C)C)C1.I. The Bertz CT molecular complexity index is 609. The van der Waals surface area contributed by atoms with Crippen LogP contribution in [0.2, 0.25) is 0 Å². The molecule has 148 valence electrons. The van der Waals surface area contributed by atoms with Gasteiger partial charge in [-0.3, -0.25) is 0 Å². The highest BCUT2D eigenvalue weighted by molar-refractivity contribution is 14.0. The normalized spacial score (nSPS) is 17.7. The second-order valence-electron chi connectivity index (χ2n) is 7.43. The maximum atomic E-state index is 11.9. The molecule has 8 heteroatoms. The number of aliphatic imine (C=N–C) groups is 1. The number of rotatable bonds is 4. The molecule has 0 aliphatic carbocycles. The fourth-order valence-electron chi connectivity index (χ4n) is 2.79. The van der Waals surface area contributed by atoms with E-state index in [1.807, 2.05) is 38.6 Å². The smallest absolute Gasteiger partial charge is 0.407 e. The van der Waals surface area contributed by atoms with E-state index < -0.39 is 5.60 Å². The number of nitrogens with one attached hydrogen (secondary N) is 2. The van der Waals surface area contributed by atoms with Crippen molar-refractivity contribution in [3.05, 3.63) is 24.0 Å². The quantitative estimate of drug-likeness (QED) is 0.398. The molecule has 7 nitrogen and oxygen atoms in total. The molecule has 0 unspecified atom stereocenters. The summed E-state index contributed by atoms with van der Waals surface area (Å²) < 4.78 is 7.36. The number of carbonyl (C=O) groups is 1.